The number of carboxylic acid groups (broad SMARTS) is 2. The molecular formula is C19H17N3O5S. The fourth-order valence-corrected chi connectivity index (χ4v) is 3.15. The topological polar surface area (TPSA) is 129 Å². The average molecular weight is 399 g/mol. The van der Waals surface area contributed by atoms with E-state index in [0.717, 1.165) is 17.3 Å². The van der Waals surface area contributed by atoms with Gasteiger partial charge in [-0.05, 0) is 48.5 Å². The molecule has 0 aliphatic heterocycles. The highest BCUT2D eigenvalue weighted by Gasteiger charge is 2.16. The van der Waals surface area contributed by atoms with E-state index in [2.05, 4.69) is 15.2 Å². The third-order valence-corrected chi connectivity index (χ3v) is 4.79. The summed E-state index contributed by atoms with van der Waals surface area (Å²) in [6, 6.07) is 8.04. The van der Waals surface area contributed by atoms with Crippen LogP contribution in [0.4, 0.5) is 0 Å². The van der Waals surface area contributed by atoms with Crippen LogP contribution in [0.1, 0.15) is 34.4 Å². The molecule has 2 heterocycles. The zero-order valence-corrected chi connectivity index (χ0v) is 15.9. The highest BCUT2D eigenvalue weighted by atomic mass is 32.2. The van der Waals surface area contributed by atoms with Crippen LogP contribution in [0, 0.1) is 6.92 Å². The van der Waals surface area contributed by atoms with Gasteiger partial charge in [0, 0.05) is 18.1 Å². The minimum absolute atomic E-state index is 0.00133. The first-order chi connectivity index (χ1) is 13.4. The Hall–Kier alpha value is -3.33. The molecule has 1 aromatic carbocycles. The zero-order chi connectivity index (χ0) is 20.3. The molecule has 28 heavy (non-hydrogen) atoms. The van der Waals surface area contributed by atoms with E-state index in [1.807, 2.05) is 13.8 Å². The highest BCUT2D eigenvalue weighted by Crippen LogP contribution is 2.30. The number of aromatic carboxylic acids is 1. The molecule has 3 N–H and O–H groups in total. The first-order valence-corrected chi connectivity index (χ1v) is 9.17. The molecule has 0 fully saturated rings. The zero-order valence-electron chi connectivity index (χ0n) is 15.1. The number of rotatable bonds is 7. The molecule has 0 saturated carbocycles. The predicted octanol–water partition coefficient (Wildman–Crippen LogP) is 3.85. The fraction of sp³-hybridized carbons (Fsp3) is 0.158. The van der Waals surface area contributed by atoms with Crippen molar-refractivity contribution in [3.63, 3.8) is 0 Å². The lowest BCUT2D eigenvalue weighted by Crippen LogP contribution is -1.97. The lowest BCUT2D eigenvalue weighted by atomic mass is 10.0. The third kappa shape index (κ3) is 4.32. The van der Waals surface area contributed by atoms with E-state index >= 15 is 0 Å². The van der Waals surface area contributed by atoms with Crippen LogP contribution in [0.15, 0.2) is 44.8 Å². The number of nitrogens with one attached hydrogen (secondary N) is 1. The van der Waals surface area contributed by atoms with Gasteiger partial charge in [-0.1, -0.05) is 13.0 Å². The number of carboxylic acids is 2. The number of thioether (sulfide) groups is 1. The SMILES string of the molecule is CCc1nc(S/C(=C\c2ccc(-c3cc(C(=O)O)ccc3C)o2)C(=O)O)n[nH]1. The molecule has 0 spiro atoms. The number of benzene rings is 1. The van der Waals surface area contributed by atoms with Crippen LogP contribution in [0.5, 0.6) is 0 Å². The largest absolute Gasteiger partial charge is 0.478 e. The maximum atomic E-state index is 11.6. The lowest BCUT2D eigenvalue weighted by Gasteiger charge is -2.04. The molecular weight excluding hydrogens is 382 g/mol. The van der Waals surface area contributed by atoms with E-state index in [-0.39, 0.29) is 10.5 Å². The number of aryl methyl sites for hydroxylation is 2. The van der Waals surface area contributed by atoms with Crippen molar-refractivity contribution in [3.05, 3.63) is 57.9 Å². The monoisotopic (exact) mass is 399 g/mol. The molecule has 2 aromatic heterocycles. The van der Waals surface area contributed by atoms with Crippen LogP contribution in [0.2, 0.25) is 0 Å². The molecule has 0 bridgehead atoms. The molecule has 0 amide bonds. The van der Waals surface area contributed by atoms with Gasteiger partial charge in [0.25, 0.3) is 0 Å². The van der Waals surface area contributed by atoms with Gasteiger partial charge in [0.1, 0.15) is 22.3 Å². The number of carbonyl (C=O) groups is 2. The van der Waals surface area contributed by atoms with E-state index < -0.39 is 11.9 Å². The van der Waals surface area contributed by atoms with E-state index in [1.165, 1.54) is 18.2 Å². The number of aromatic amines is 1. The molecule has 3 rings (SSSR count). The molecule has 0 atom stereocenters. The first-order valence-electron chi connectivity index (χ1n) is 8.35. The van der Waals surface area contributed by atoms with Gasteiger partial charge < -0.3 is 14.6 Å². The average Bonchev–Trinajstić information content (AvgIpc) is 3.30. The molecule has 3 aromatic rings. The summed E-state index contributed by atoms with van der Waals surface area (Å²) in [5, 5.41) is 25.7. The molecule has 9 heteroatoms. The van der Waals surface area contributed by atoms with E-state index in [9.17, 15) is 14.7 Å². The number of nitrogens with zero attached hydrogens (tertiary/aromatic N) is 2. The smallest absolute Gasteiger partial charge is 0.342 e. The summed E-state index contributed by atoms with van der Waals surface area (Å²) in [5.41, 5.74) is 1.62. The Kier molecular flexibility index (Phi) is 5.65. The summed E-state index contributed by atoms with van der Waals surface area (Å²) in [5.74, 6) is -0.717. The Bertz CT molecular complexity index is 1070. The summed E-state index contributed by atoms with van der Waals surface area (Å²) in [6.45, 7) is 3.75. The van der Waals surface area contributed by atoms with E-state index in [0.29, 0.717) is 34.5 Å². The Morgan fingerprint density at radius 1 is 1.25 bits per heavy atom. The molecule has 8 nitrogen and oxygen atoms in total. The second-order valence-corrected chi connectivity index (χ2v) is 6.88. The Labute approximate surface area is 164 Å². The second-order valence-electron chi connectivity index (χ2n) is 5.87. The lowest BCUT2D eigenvalue weighted by molar-refractivity contribution is -0.131. The Balaban J connectivity index is 1.90. The normalized spacial score (nSPS) is 11.6. The number of H-pyrrole nitrogens is 1. The molecule has 0 aliphatic rings. The summed E-state index contributed by atoms with van der Waals surface area (Å²) in [7, 11) is 0. The van der Waals surface area contributed by atoms with Crippen molar-refractivity contribution in [2.45, 2.75) is 25.4 Å². The Morgan fingerprint density at radius 2 is 2.04 bits per heavy atom. The van der Waals surface area contributed by atoms with Gasteiger partial charge in [0.2, 0.25) is 5.16 Å². The fourth-order valence-electron chi connectivity index (χ4n) is 2.44. The van der Waals surface area contributed by atoms with Gasteiger partial charge in [0.15, 0.2) is 0 Å². The molecule has 0 unspecified atom stereocenters. The molecule has 0 saturated heterocycles. The predicted molar refractivity (Wildman–Crippen MR) is 103 cm³/mol. The molecule has 144 valence electrons. The summed E-state index contributed by atoms with van der Waals surface area (Å²) in [6.07, 6.45) is 2.05. The van der Waals surface area contributed by atoms with E-state index in [1.54, 1.807) is 18.2 Å². The van der Waals surface area contributed by atoms with Crippen LogP contribution >= 0.6 is 11.8 Å². The minimum atomic E-state index is -1.13. The van der Waals surface area contributed by atoms with Crippen molar-refractivity contribution in [1.82, 2.24) is 15.2 Å². The third-order valence-electron chi connectivity index (χ3n) is 3.91. The van der Waals surface area contributed by atoms with Crippen LogP contribution in [-0.2, 0) is 11.2 Å². The maximum Gasteiger partial charge on any atom is 0.342 e. The van der Waals surface area contributed by atoms with Crippen molar-refractivity contribution in [1.29, 1.82) is 0 Å². The van der Waals surface area contributed by atoms with Gasteiger partial charge in [-0.15, -0.1) is 5.10 Å². The van der Waals surface area contributed by atoms with Gasteiger partial charge in [-0.2, -0.15) is 0 Å². The maximum absolute atomic E-state index is 11.6. The summed E-state index contributed by atoms with van der Waals surface area (Å²) < 4.78 is 5.74. The van der Waals surface area contributed by atoms with Gasteiger partial charge in [-0.3, -0.25) is 5.10 Å². The van der Waals surface area contributed by atoms with E-state index in [4.69, 9.17) is 9.52 Å². The summed E-state index contributed by atoms with van der Waals surface area (Å²) >= 11 is 0.913. The standard InChI is InChI=1S/C19H17N3O5S/c1-3-16-20-19(22-21-16)28-15(18(25)26)9-12-6-7-14(27-12)13-8-11(17(23)24)5-4-10(13)2/h4-9H,3H2,1-2H3,(H,23,24)(H,25,26)(H,20,21,22)/b15-9-. The number of hydrogen-bond acceptors (Lipinski definition) is 6. The minimum Gasteiger partial charge on any atom is -0.478 e. The highest BCUT2D eigenvalue weighted by molar-refractivity contribution is 8.04. The number of aromatic nitrogens is 3. The Morgan fingerprint density at radius 3 is 2.68 bits per heavy atom. The quantitative estimate of drug-likeness (QED) is 0.403. The molecule has 0 aliphatic carbocycles. The van der Waals surface area contributed by atoms with Crippen molar-refractivity contribution in [3.8, 4) is 11.3 Å². The van der Waals surface area contributed by atoms with Gasteiger partial charge in [-0.25, -0.2) is 14.6 Å². The number of furan rings is 1. The number of aliphatic carboxylic acids is 1. The number of hydrogen-bond donors (Lipinski definition) is 3. The van der Waals surface area contributed by atoms with Crippen molar-refractivity contribution in [2.75, 3.05) is 0 Å². The van der Waals surface area contributed by atoms with Crippen LogP contribution < -0.4 is 0 Å². The summed E-state index contributed by atoms with van der Waals surface area (Å²) in [4.78, 5) is 27.0. The molecule has 0 radical (unpaired) electrons. The van der Waals surface area contributed by atoms with Crippen LogP contribution in [-0.4, -0.2) is 37.3 Å². The van der Waals surface area contributed by atoms with Gasteiger partial charge in [0.05, 0.1) is 5.56 Å². The van der Waals surface area contributed by atoms with Crippen LogP contribution in [0.25, 0.3) is 17.4 Å². The first kappa shape index (κ1) is 19.4. The van der Waals surface area contributed by atoms with Crippen molar-refractivity contribution < 1.29 is 24.2 Å². The van der Waals surface area contributed by atoms with Crippen LogP contribution in [0.3, 0.4) is 0 Å². The van der Waals surface area contributed by atoms with Gasteiger partial charge >= 0.3 is 11.9 Å². The van der Waals surface area contributed by atoms with Crippen molar-refractivity contribution in [2.24, 2.45) is 0 Å². The second kappa shape index (κ2) is 8.13. The van der Waals surface area contributed by atoms with Crippen molar-refractivity contribution >= 4 is 29.8 Å².